The molecule has 1 heterocycles. The number of aromatic nitrogens is 1. The molecule has 0 fully saturated rings. The molecule has 2 aromatic rings. The molecule has 1 atom stereocenters. The van der Waals surface area contributed by atoms with Gasteiger partial charge in [-0.1, -0.05) is 22.0 Å². The molecule has 0 saturated heterocycles. The van der Waals surface area contributed by atoms with Crippen molar-refractivity contribution < 1.29 is 15.1 Å². The van der Waals surface area contributed by atoms with Crippen LogP contribution < -0.4 is 5.73 Å². The van der Waals surface area contributed by atoms with E-state index >= 15 is 0 Å². The summed E-state index contributed by atoms with van der Waals surface area (Å²) >= 11 is 3.31. The van der Waals surface area contributed by atoms with Gasteiger partial charge in [0.2, 0.25) is 0 Å². The first-order valence-corrected chi connectivity index (χ1v) is 5.75. The molecule has 0 aliphatic heterocycles. The summed E-state index contributed by atoms with van der Waals surface area (Å²) in [5, 5.41) is 19.2. The lowest BCUT2D eigenvalue weighted by Gasteiger charge is -2.04. The molecule has 1 aromatic carbocycles. The molecular formula is C11H11BrN2O3. The Morgan fingerprint density at radius 1 is 1.53 bits per heavy atom. The van der Waals surface area contributed by atoms with Crippen molar-refractivity contribution in [3.8, 4) is 0 Å². The van der Waals surface area contributed by atoms with Crippen molar-refractivity contribution in [2.75, 3.05) is 0 Å². The highest BCUT2D eigenvalue weighted by atomic mass is 79.9. The summed E-state index contributed by atoms with van der Waals surface area (Å²) in [6.45, 7) is 0. The molecule has 1 unspecified atom stereocenters. The molecule has 2 rings (SSSR count). The van der Waals surface area contributed by atoms with E-state index in [-0.39, 0.29) is 6.42 Å². The standard InChI is InChI=1S/C11H11BrN2O3/c12-7-1-2-8-6(3-9(13)11(15)16)5-14(17)10(8)4-7/h1-2,4-5,9,17H,3,13H2,(H,15,16). The molecule has 0 amide bonds. The maximum Gasteiger partial charge on any atom is 0.320 e. The Hall–Kier alpha value is -1.53. The fourth-order valence-corrected chi connectivity index (χ4v) is 2.09. The summed E-state index contributed by atoms with van der Waals surface area (Å²) < 4.78 is 1.82. The van der Waals surface area contributed by atoms with Crippen molar-refractivity contribution in [2.24, 2.45) is 5.73 Å². The molecule has 0 bridgehead atoms. The second-order valence-corrected chi connectivity index (χ2v) is 4.72. The Labute approximate surface area is 106 Å². The third-order valence-corrected chi connectivity index (χ3v) is 3.08. The minimum atomic E-state index is -1.05. The number of benzene rings is 1. The highest BCUT2D eigenvalue weighted by Gasteiger charge is 2.16. The molecule has 17 heavy (non-hydrogen) atoms. The zero-order valence-corrected chi connectivity index (χ0v) is 10.4. The molecule has 90 valence electrons. The molecular weight excluding hydrogens is 288 g/mol. The van der Waals surface area contributed by atoms with Crippen molar-refractivity contribution in [1.82, 2.24) is 4.73 Å². The van der Waals surface area contributed by atoms with Crippen molar-refractivity contribution in [1.29, 1.82) is 0 Å². The van der Waals surface area contributed by atoms with Gasteiger partial charge >= 0.3 is 5.97 Å². The Balaban J connectivity index is 2.45. The van der Waals surface area contributed by atoms with Gasteiger partial charge in [-0.15, -0.1) is 0 Å². The number of hydrogen-bond acceptors (Lipinski definition) is 3. The van der Waals surface area contributed by atoms with Gasteiger partial charge in [-0.05, 0) is 17.7 Å². The summed E-state index contributed by atoms with van der Waals surface area (Å²) in [7, 11) is 0. The predicted molar refractivity (Wildman–Crippen MR) is 66.1 cm³/mol. The largest absolute Gasteiger partial charge is 0.480 e. The Morgan fingerprint density at radius 3 is 2.88 bits per heavy atom. The fourth-order valence-electron chi connectivity index (χ4n) is 1.74. The van der Waals surface area contributed by atoms with Crippen molar-refractivity contribution in [3.63, 3.8) is 0 Å². The molecule has 6 heteroatoms. The fraction of sp³-hybridized carbons (Fsp3) is 0.182. The van der Waals surface area contributed by atoms with Crippen LogP contribution in [0.15, 0.2) is 28.9 Å². The lowest BCUT2D eigenvalue weighted by molar-refractivity contribution is -0.138. The van der Waals surface area contributed by atoms with E-state index < -0.39 is 12.0 Å². The molecule has 1 aromatic heterocycles. The minimum Gasteiger partial charge on any atom is -0.480 e. The van der Waals surface area contributed by atoms with E-state index in [0.717, 1.165) is 14.6 Å². The van der Waals surface area contributed by atoms with E-state index in [0.29, 0.717) is 11.1 Å². The number of halogens is 1. The monoisotopic (exact) mass is 298 g/mol. The van der Waals surface area contributed by atoms with Gasteiger partial charge in [-0.3, -0.25) is 4.79 Å². The summed E-state index contributed by atoms with van der Waals surface area (Å²) in [6, 6.07) is 4.43. The number of carboxylic acid groups (broad SMARTS) is 1. The van der Waals surface area contributed by atoms with Crippen molar-refractivity contribution in [2.45, 2.75) is 12.5 Å². The van der Waals surface area contributed by atoms with Gasteiger partial charge in [0.05, 0.1) is 5.52 Å². The lowest BCUT2D eigenvalue weighted by atomic mass is 10.1. The van der Waals surface area contributed by atoms with Crippen LogP contribution in [-0.2, 0) is 11.2 Å². The average Bonchev–Trinajstić information content (AvgIpc) is 2.55. The number of rotatable bonds is 3. The van der Waals surface area contributed by atoms with Crippen LogP contribution in [0.4, 0.5) is 0 Å². The van der Waals surface area contributed by atoms with Crippen LogP contribution in [0.1, 0.15) is 5.56 Å². The van der Waals surface area contributed by atoms with E-state index in [1.54, 1.807) is 6.07 Å². The van der Waals surface area contributed by atoms with Crippen LogP contribution in [0.3, 0.4) is 0 Å². The lowest BCUT2D eigenvalue weighted by Crippen LogP contribution is -2.32. The highest BCUT2D eigenvalue weighted by Crippen LogP contribution is 2.24. The first-order valence-electron chi connectivity index (χ1n) is 4.96. The third kappa shape index (κ3) is 2.27. The topological polar surface area (TPSA) is 88.5 Å². The molecule has 0 spiro atoms. The van der Waals surface area contributed by atoms with Crippen LogP contribution in [0.25, 0.3) is 10.9 Å². The van der Waals surface area contributed by atoms with E-state index in [9.17, 15) is 10.0 Å². The van der Waals surface area contributed by atoms with Gasteiger partial charge in [-0.25, -0.2) is 0 Å². The normalized spacial score (nSPS) is 12.8. The second-order valence-electron chi connectivity index (χ2n) is 3.81. The molecule has 0 radical (unpaired) electrons. The number of hydrogen-bond donors (Lipinski definition) is 3. The quantitative estimate of drug-likeness (QED) is 0.751. The molecule has 0 aliphatic carbocycles. The van der Waals surface area contributed by atoms with Crippen LogP contribution in [0, 0.1) is 0 Å². The number of carboxylic acids is 1. The average molecular weight is 299 g/mol. The third-order valence-electron chi connectivity index (χ3n) is 2.59. The van der Waals surface area contributed by atoms with E-state index in [1.165, 1.54) is 6.20 Å². The number of fused-ring (bicyclic) bond motifs is 1. The number of aliphatic carboxylic acids is 1. The predicted octanol–water partition coefficient (Wildman–Crippen LogP) is 1.60. The molecule has 5 nitrogen and oxygen atoms in total. The van der Waals surface area contributed by atoms with Gasteiger partial charge in [0.25, 0.3) is 0 Å². The van der Waals surface area contributed by atoms with Gasteiger partial charge in [0.1, 0.15) is 6.04 Å². The number of nitrogens with zero attached hydrogens (tertiary/aromatic N) is 1. The molecule has 4 N–H and O–H groups in total. The van der Waals surface area contributed by atoms with E-state index in [1.807, 2.05) is 12.1 Å². The van der Waals surface area contributed by atoms with Crippen LogP contribution >= 0.6 is 15.9 Å². The maximum absolute atomic E-state index is 10.7. The zero-order valence-electron chi connectivity index (χ0n) is 8.80. The second kappa shape index (κ2) is 4.38. The molecule has 0 aliphatic rings. The maximum atomic E-state index is 10.7. The Kier molecular flexibility index (Phi) is 3.08. The van der Waals surface area contributed by atoms with E-state index in [2.05, 4.69) is 15.9 Å². The SMILES string of the molecule is NC(Cc1cn(O)c2cc(Br)ccc12)C(=O)O. The van der Waals surface area contributed by atoms with Crippen molar-refractivity contribution >= 4 is 32.8 Å². The number of nitrogens with two attached hydrogens (primary N) is 1. The Bertz CT molecular complexity index is 579. The highest BCUT2D eigenvalue weighted by molar-refractivity contribution is 9.10. The van der Waals surface area contributed by atoms with Gasteiger partial charge in [-0.2, -0.15) is 4.73 Å². The minimum absolute atomic E-state index is 0.182. The van der Waals surface area contributed by atoms with Crippen LogP contribution in [0.5, 0.6) is 0 Å². The first-order chi connectivity index (χ1) is 7.99. The summed E-state index contributed by atoms with van der Waals surface area (Å²) in [6.07, 6.45) is 1.67. The summed E-state index contributed by atoms with van der Waals surface area (Å²) in [4.78, 5) is 10.7. The Morgan fingerprint density at radius 2 is 2.24 bits per heavy atom. The summed E-state index contributed by atoms with van der Waals surface area (Å²) in [5.41, 5.74) is 6.81. The van der Waals surface area contributed by atoms with Crippen molar-refractivity contribution in [3.05, 3.63) is 34.4 Å². The van der Waals surface area contributed by atoms with Crippen LogP contribution in [-0.4, -0.2) is 27.1 Å². The van der Waals surface area contributed by atoms with Gasteiger partial charge in [0.15, 0.2) is 0 Å². The zero-order chi connectivity index (χ0) is 12.6. The van der Waals surface area contributed by atoms with Gasteiger partial charge in [0, 0.05) is 22.5 Å². The number of carbonyl (C=O) groups is 1. The van der Waals surface area contributed by atoms with Crippen LogP contribution in [0.2, 0.25) is 0 Å². The molecule has 0 saturated carbocycles. The summed E-state index contributed by atoms with van der Waals surface area (Å²) in [5.74, 6) is -1.05. The van der Waals surface area contributed by atoms with E-state index in [4.69, 9.17) is 10.8 Å². The smallest absolute Gasteiger partial charge is 0.320 e. The first kappa shape index (κ1) is 11.9. The van der Waals surface area contributed by atoms with Gasteiger partial charge < -0.3 is 16.0 Å².